The molecule has 2 N–H and O–H groups in total. The van der Waals surface area contributed by atoms with Crippen molar-refractivity contribution in [2.75, 3.05) is 5.73 Å². The Morgan fingerprint density at radius 3 is 2.83 bits per heavy atom. The standard InChI is InChI=1S/C13H12BrFN2O/c1-8-11(16)7-17(13(18)12(8)14)6-9-3-2-4-10(15)5-9/h2-5,7H,6,16H2,1H3. The Hall–Kier alpha value is -1.62. The van der Waals surface area contributed by atoms with E-state index in [9.17, 15) is 9.18 Å². The van der Waals surface area contributed by atoms with Crippen molar-refractivity contribution in [3.63, 3.8) is 0 Å². The van der Waals surface area contributed by atoms with Crippen LogP contribution in [0, 0.1) is 12.7 Å². The van der Waals surface area contributed by atoms with E-state index in [-0.39, 0.29) is 11.4 Å². The molecule has 5 heteroatoms. The molecule has 0 saturated heterocycles. The van der Waals surface area contributed by atoms with Crippen molar-refractivity contribution >= 4 is 21.6 Å². The first-order valence-corrected chi connectivity index (χ1v) is 6.18. The highest BCUT2D eigenvalue weighted by Gasteiger charge is 2.08. The van der Waals surface area contributed by atoms with Crippen LogP contribution in [0.3, 0.4) is 0 Å². The lowest BCUT2D eigenvalue weighted by atomic mass is 10.2. The summed E-state index contributed by atoms with van der Waals surface area (Å²) in [6.45, 7) is 2.06. The van der Waals surface area contributed by atoms with Crippen molar-refractivity contribution in [2.45, 2.75) is 13.5 Å². The number of pyridine rings is 1. The van der Waals surface area contributed by atoms with Crippen LogP contribution in [0.25, 0.3) is 0 Å². The van der Waals surface area contributed by atoms with E-state index in [0.29, 0.717) is 22.3 Å². The second kappa shape index (κ2) is 4.94. The molecule has 1 heterocycles. The van der Waals surface area contributed by atoms with E-state index in [4.69, 9.17) is 5.73 Å². The van der Waals surface area contributed by atoms with E-state index in [1.54, 1.807) is 25.3 Å². The van der Waals surface area contributed by atoms with Gasteiger partial charge in [0.1, 0.15) is 5.82 Å². The Bertz CT molecular complexity index is 652. The van der Waals surface area contributed by atoms with Crippen molar-refractivity contribution in [2.24, 2.45) is 0 Å². The first kappa shape index (κ1) is 12.8. The minimum Gasteiger partial charge on any atom is -0.397 e. The molecule has 1 aromatic carbocycles. The van der Waals surface area contributed by atoms with E-state index in [2.05, 4.69) is 15.9 Å². The van der Waals surface area contributed by atoms with Crippen LogP contribution in [0.15, 0.2) is 39.7 Å². The third-order valence-electron chi connectivity index (χ3n) is 2.75. The summed E-state index contributed by atoms with van der Waals surface area (Å²) in [5.74, 6) is -0.320. The molecule has 0 fully saturated rings. The molecule has 94 valence electrons. The number of hydrogen-bond acceptors (Lipinski definition) is 2. The fourth-order valence-electron chi connectivity index (χ4n) is 1.69. The van der Waals surface area contributed by atoms with Crippen LogP contribution in [0.2, 0.25) is 0 Å². The number of nitrogens with two attached hydrogens (primary N) is 1. The van der Waals surface area contributed by atoms with E-state index in [1.165, 1.54) is 16.7 Å². The van der Waals surface area contributed by atoms with Gasteiger partial charge >= 0.3 is 0 Å². The number of hydrogen-bond donors (Lipinski definition) is 1. The van der Waals surface area contributed by atoms with Gasteiger partial charge in [0, 0.05) is 6.20 Å². The van der Waals surface area contributed by atoms with Gasteiger partial charge in [0.15, 0.2) is 0 Å². The van der Waals surface area contributed by atoms with E-state index in [1.807, 2.05) is 0 Å². The Labute approximate surface area is 112 Å². The molecule has 0 unspecified atom stereocenters. The number of nitrogens with zero attached hydrogens (tertiary/aromatic N) is 1. The number of anilines is 1. The predicted octanol–water partition coefficient (Wildman–Crippen LogP) is 2.69. The van der Waals surface area contributed by atoms with E-state index in [0.717, 1.165) is 5.56 Å². The summed E-state index contributed by atoms with van der Waals surface area (Å²) in [7, 11) is 0. The lowest BCUT2D eigenvalue weighted by Gasteiger charge is -2.10. The zero-order valence-corrected chi connectivity index (χ0v) is 11.4. The van der Waals surface area contributed by atoms with Gasteiger partial charge in [-0.2, -0.15) is 0 Å². The van der Waals surface area contributed by atoms with Gasteiger partial charge in [-0.15, -0.1) is 0 Å². The second-order valence-corrected chi connectivity index (χ2v) is 4.88. The van der Waals surface area contributed by atoms with Crippen LogP contribution in [-0.2, 0) is 6.54 Å². The summed E-state index contributed by atoms with van der Waals surface area (Å²) in [5, 5.41) is 0. The molecule has 0 bridgehead atoms. The normalized spacial score (nSPS) is 10.6. The lowest BCUT2D eigenvalue weighted by Crippen LogP contribution is -2.22. The molecule has 3 nitrogen and oxygen atoms in total. The average Bonchev–Trinajstić information content (AvgIpc) is 2.33. The maximum absolute atomic E-state index is 13.1. The van der Waals surface area contributed by atoms with Crippen LogP contribution >= 0.6 is 15.9 Å². The molecule has 0 saturated carbocycles. The smallest absolute Gasteiger partial charge is 0.265 e. The molecular weight excluding hydrogens is 299 g/mol. The van der Waals surface area contributed by atoms with Gasteiger partial charge in [0.2, 0.25) is 0 Å². The minimum absolute atomic E-state index is 0.175. The van der Waals surface area contributed by atoms with Crippen LogP contribution in [-0.4, -0.2) is 4.57 Å². The van der Waals surface area contributed by atoms with E-state index < -0.39 is 0 Å². The summed E-state index contributed by atoms with van der Waals surface area (Å²) in [4.78, 5) is 12.0. The summed E-state index contributed by atoms with van der Waals surface area (Å²) < 4.78 is 15.0. The monoisotopic (exact) mass is 310 g/mol. The Morgan fingerprint density at radius 1 is 1.44 bits per heavy atom. The highest BCUT2D eigenvalue weighted by atomic mass is 79.9. The van der Waals surface area contributed by atoms with Crippen molar-refractivity contribution < 1.29 is 4.39 Å². The Balaban J connectivity index is 2.44. The summed E-state index contributed by atoms with van der Waals surface area (Å²) >= 11 is 3.22. The molecular formula is C13H12BrFN2O. The molecule has 1 aromatic heterocycles. The molecule has 0 aliphatic carbocycles. The summed E-state index contributed by atoms with van der Waals surface area (Å²) in [6, 6.07) is 6.14. The van der Waals surface area contributed by atoms with E-state index >= 15 is 0 Å². The van der Waals surface area contributed by atoms with Gasteiger partial charge in [0.25, 0.3) is 5.56 Å². The Kier molecular flexibility index (Phi) is 3.52. The summed E-state index contributed by atoms with van der Waals surface area (Å²) in [6.07, 6.45) is 1.58. The van der Waals surface area contributed by atoms with Crippen LogP contribution < -0.4 is 11.3 Å². The molecule has 0 atom stereocenters. The van der Waals surface area contributed by atoms with Crippen molar-refractivity contribution in [3.05, 3.63) is 62.2 Å². The Morgan fingerprint density at radius 2 is 2.17 bits per heavy atom. The molecule has 0 spiro atoms. The van der Waals surface area contributed by atoms with Gasteiger partial charge in [-0.05, 0) is 46.1 Å². The third-order valence-corrected chi connectivity index (χ3v) is 3.68. The van der Waals surface area contributed by atoms with Crippen molar-refractivity contribution in [1.29, 1.82) is 0 Å². The molecule has 0 aliphatic heterocycles. The number of benzene rings is 1. The quantitative estimate of drug-likeness (QED) is 0.927. The van der Waals surface area contributed by atoms with Gasteiger partial charge in [-0.3, -0.25) is 4.79 Å². The van der Waals surface area contributed by atoms with Gasteiger partial charge < -0.3 is 10.3 Å². The number of nitrogen functional groups attached to an aromatic ring is 1. The van der Waals surface area contributed by atoms with Gasteiger partial charge in [-0.1, -0.05) is 12.1 Å². The predicted molar refractivity (Wildman–Crippen MR) is 73.1 cm³/mol. The molecule has 0 radical (unpaired) electrons. The highest BCUT2D eigenvalue weighted by molar-refractivity contribution is 9.10. The lowest BCUT2D eigenvalue weighted by molar-refractivity contribution is 0.622. The number of halogens is 2. The topological polar surface area (TPSA) is 48.0 Å². The fraction of sp³-hybridized carbons (Fsp3) is 0.154. The number of rotatable bonds is 2. The van der Waals surface area contributed by atoms with Gasteiger partial charge in [0.05, 0.1) is 16.7 Å². The summed E-state index contributed by atoms with van der Waals surface area (Å²) in [5.41, 5.74) is 7.59. The number of aromatic nitrogens is 1. The van der Waals surface area contributed by atoms with Crippen molar-refractivity contribution in [1.82, 2.24) is 4.57 Å². The van der Waals surface area contributed by atoms with Crippen LogP contribution in [0.4, 0.5) is 10.1 Å². The highest BCUT2D eigenvalue weighted by Crippen LogP contribution is 2.17. The SMILES string of the molecule is Cc1c(N)cn(Cc2cccc(F)c2)c(=O)c1Br. The molecule has 0 aliphatic rings. The third kappa shape index (κ3) is 2.46. The zero-order chi connectivity index (χ0) is 13.3. The fourth-order valence-corrected chi connectivity index (χ4v) is 2.14. The second-order valence-electron chi connectivity index (χ2n) is 4.09. The minimum atomic E-state index is -0.320. The largest absolute Gasteiger partial charge is 0.397 e. The van der Waals surface area contributed by atoms with Crippen LogP contribution in [0.1, 0.15) is 11.1 Å². The molecule has 18 heavy (non-hydrogen) atoms. The molecule has 0 amide bonds. The maximum Gasteiger partial charge on any atom is 0.265 e. The van der Waals surface area contributed by atoms with Gasteiger partial charge in [-0.25, -0.2) is 4.39 Å². The molecule has 2 aromatic rings. The maximum atomic E-state index is 13.1. The average molecular weight is 311 g/mol. The first-order chi connectivity index (χ1) is 8.49. The van der Waals surface area contributed by atoms with Crippen LogP contribution in [0.5, 0.6) is 0 Å². The zero-order valence-electron chi connectivity index (χ0n) is 9.78. The van der Waals surface area contributed by atoms with Crippen molar-refractivity contribution in [3.8, 4) is 0 Å². The first-order valence-electron chi connectivity index (χ1n) is 5.38. The molecule has 2 rings (SSSR count).